The minimum Gasteiger partial charge on any atom is -0.378 e. The highest BCUT2D eigenvalue weighted by Crippen LogP contribution is 2.26. The lowest BCUT2D eigenvalue weighted by molar-refractivity contribution is 1.04. The van der Waals surface area contributed by atoms with E-state index in [1.54, 1.807) is 0 Å². The normalized spacial score (nSPS) is 10.3. The molecule has 0 unspecified atom stereocenters. The summed E-state index contributed by atoms with van der Waals surface area (Å²) in [6.07, 6.45) is 1.87. The van der Waals surface area contributed by atoms with Crippen LogP contribution in [0.5, 0.6) is 0 Å². The number of rotatable bonds is 3. The van der Waals surface area contributed by atoms with Crippen LogP contribution in [0.15, 0.2) is 41.0 Å². The molecule has 0 radical (unpaired) electrons. The van der Waals surface area contributed by atoms with E-state index in [-0.39, 0.29) is 0 Å². The van der Waals surface area contributed by atoms with Crippen molar-refractivity contribution in [2.75, 3.05) is 5.32 Å². The summed E-state index contributed by atoms with van der Waals surface area (Å²) in [5, 5.41) is 4.01. The van der Waals surface area contributed by atoms with E-state index in [1.165, 1.54) is 0 Å². The summed E-state index contributed by atoms with van der Waals surface area (Å²) in [6, 6.07) is 9.73. The van der Waals surface area contributed by atoms with Crippen LogP contribution in [0.2, 0.25) is 5.02 Å². The molecule has 0 aliphatic carbocycles. The third kappa shape index (κ3) is 3.45. The van der Waals surface area contributed by atoms with E-state index in [0.29, 0.717) is 11.6 Å². The number of hydrogen-bond acceptors (Lipinski definition) is 2. The maximum absolute atomic E-state index is 5.94. The molecule has 0 aliphatic rings. The molecule has 0 amide bonds. The zero-order chi connectivity index (χ0) is 12.3. The van der Waals surface area contributed by atoms with Crippen molar-refractivity contribution in [3.05, 3.63) is 57.3 Å². The lowest BCUT2D eigenvalue weighted by Crippen LogP contribution is -2.02. The van der Waals surface area contributed by atoms with Crippen molar-refractivity contribution < 1.29 is 0 Å². The van der Waals surface area contributed by atoms with Gasteiger partial charge in [0.25, 0.3) is 0 Å². The summed E-state index contributed by atoms with van der Waals surface area (Å²) in [7, 11) is 0. The second kappa shape index (κ2) is 5.52. The Bertz CT molecular complexity index is 511. The molecule has 4 heteroatoms. The molecule has 0 saturated heterocycles. The van der Waals surface area contributed by atoms with Gasteiger partial charge in [-0.25, -0.2) is 0 Å². The maximum Gasteiger partial charge on any atom is 0.0594 e. The number of nitrogens with one attached hydrogen (secondary N) is 1. The first-order valence-electron chi connectivity index (χ1n) is 5.25. The van der Waals surface area contributed by atoms with Crippen LogP contribution in [0.3, 0.4) is 0 Å². The van der Waals surface area contributed by atoms with Crippen molar-refractivity contribution in [3.63, 3.8) is 0 Å². The molecule has 0 atom stereocenters. The number of aromatic nitrogens is 1. The van der Waals surface area contributed by atoms with Gasteiger partial charge in [-0.1, -0.05) is 17.7 Å². The summed E-state index contributed by atoms with van der Waals surface area (Å²) in [5.74, 6) is 0. The van der Waals surface area contributed by atoms with E-state index in [0.717, 1.165) is 21.4 Å². The Morgan fingerprint density at radius 1 is 1.29 bits per heavy atom. The first-order chi connectivity index (χ1) is 8.15. The lowest BCUT2D eigenvalue weighted by atomic mass is 10.2. The Morgan fingerprint density at radius 3 is 2.82 bits per heavy atom. The Labute approximate surface area is 114 Å². The molecule has 1 aromatic heterocycles. The summed E-state index contributed by atoms with van der Waals surface area (Å²) < 4.78 is 0.994. The van der Waals surface area contributed by atoms with Crippen LogP contribution in [0, 0.1) is 6.92 Å². The fraction of sp³-hybridized carbons (Fsp3) is 0.154. The van der Waals surface area contributed by atoms with Gasteiger partial charge in [0.15, 0.2) is 0 Å². The van der Waals surface area contributed by atoms with E-state index >= 15 is 0 Å². The first-order valence-corrected chi connectivity index (χ1v) is 6.43. The van der Waals surface area contributed by atoms with Gasteiger partial charge in [-0.05, 0) is 52.7 Å². The van der Waals surface area contributed by atoms with Gasteiger partial charge >= 0.3 is 0 Å². The Morgan fingerprint density at radius 2 is 2.12 bits per heavy atom. The molecule has 1 heterocycles. The zero-order valence-corrected chi connectivity index (χ0v) is 11.7. The van der Waals surface area contributed by atoms with E-state index in [4.69, 9.17) is 11.6 Å². The first kappa shape index (κ1) is 12.4. The molecule has 2 rings (SSSR count). The average molecular weight is 312 g/mol. The van der Waals surface area contributed by atoms with Crippen LogP contribution >= 0.6 is 27.5 Å². The molecule has 0 saturated carbocycles. The van der Waals surface area contributed by atoms with Gasteiger partial charge in [0.05, 0.1) is 17.9 Å². The minimum atomic E-state index is 0.680. The number of halogens is 2. The van der Waals surface area contributed by atoms with Crippen LogP contribution in [0.1, 0.15) is 11.3 Å². The van der Waals surface area contributed by atoms with E-state index in [9.17, 15) is 0 Å². The third-order valence-corrected chi connectivity index (χ3v) is 3.29. The largest absolute Gasteiger partial charge is 0.378 e. The smallest absolute Gasteiger partial charge is 0.0594 e. The van der Waals surface area contributed by atoms with Crippen LogP contribution < -0.4 is 5.32 Å². The number of hydrogen-bond donors (Lipinski definition) is 1. The summed E-state index contributed by atoms with van der Waals surface area (Å²) in [5.41, 5.74) is 3.14. The van der Waals surface area contributed by atoms with Crippen molar-refractivity contribution >= 4 is 33.2 Å². The number of nitrogens with zero attached hydrogens (tertiary/aromatic N) is 1. The van der Waals surface area contributed by atoms with Gasteiger partial charge in [-0.3, -0.25) is 4.98 Å². The highest BCUT2D eigenvalue weighted by molar-refractivity contribution is 9.10. The minimum absolute atomic E-state index is 0.680. The fourth-order valence-electron chi connectivity index (χ4n) is 1.42. The van der Waals surface area contributed by atoms with Crippen LogP contribution in [0.4, 0.5) is 5.69 Å². The molecule has 1 N–H and O–H groups in total. The van der Waals surface area contributed by atoms with Gasteiger partial charge < -0.3 is 5.32 Å². The number of aryl methyl sites for hydroxylation is 1. The molecule has 88 valence electrons. The van der Waals surface area contributed by atoms with E-state index in [1.807, 2.05) is 37.4 Å². The van der Waals surface area contributed by atoms with E-state index < -0.39 is 0 Å². The van der Waals surface area contributed by atoms with Gasteiger partial charge in [0.1, 0.15) is 0 Å². The molecule has 0 fully saturated rings. The van der Waals surface area contributed by atoms with Crippen molar-refractivity contribution in [3.8, 4) is 0 Å². The molecule has 0 aliphatic heterocycles. The molecule has 0 bridgehead atoms. The van der Waals surface area contributed by atoms with Crippen LogP contribution in [-0.2, 0) is 6.54 Å². The SMILES string of the molecule is Cc1ccc(CNc2cc(Cl)ccc2Br)nc1. The lowest BCUT2D eigenvalue weighted by Gasteiger charge is -2.08. The monoisotopic (exact) mass is 310 g/mol. The zero-order valence-electron chi connectivity index (χ0n) is 9.37. The highest BCUT2D eigenvalue weighted by Gasteiger charge is 2.01. The van der Waals surface area contributed by atoms with Crippen molar-refractivity contribution in [1.82, 2.24) is 4.98 Å². The number of pyridine rings is 1. The quantitative estimate of drug-likeness (QED) is 0.907. The predicted molar refractivity (Wildman–Crippen MR) is 75.5 cm³/mol. The van der Waals surface area contributed by atoms with Gasteiger partial charge in [0.2, 0.25) is 0 Å². The Balaban J connectivity index is 2.07. The second-order valence-corrected chi connectivity index (χ2v) is 5.10. The average Bonchev–Trinajstić information content (AvgIpc) is 2.32. The standard InChI is InChI=1S/C13H12BrClN2/c1-9-2-4-11(16-7-9)8-17-13-6-10(15)3-5-12(13)14/h2-7,17H,8H2,1H3. The topological polar surface area (TPSA) is 24.9 Å². The molecule has 0 spiro atoms. The molecular weight excluding hydrogens is 300 g/mol. The molecular formula is C13H12BrClN2. The van der Waals surface area contributed by atoms with Gasteiger partial charge in [-0.2, -0.15) is 0 Å². The van der Waals surface area contributed by atoms with E-state index in [2.05, 4.69) is 32.3 Å². The van der Waals surface area contributed by atoms with Crippen LogP contribution in [0.25, 0.3) is 0 Å². The summed E-state index contributed by atoms with van der Waals surface area (Å²) in [4.78, 5) is 4.33. The van der Waals surface area contributed by atoms with Crippen molar-refractivity contribution in [2.45, 2.75) is 13.5 Å². The van der Waals surface area contributed by atoms with Gasteiger partial charge in [0, 0.05) is 15.7 Å². The Kier molecular flexibility index (Phi) is 4.02. The summed E-state index contributed by atoms with van der Waals surface area (Å²) >= 11 is 9.42. The number of anilines is 1. The highest BCUT2D eigenvalue weighted by atomic mass is 79.9. The third-order valence-electron chi connectivity index (χ3n) is 2.36. The summed E-state index contributed by atoms with van der Waals surface area (Å²) in [6.45, 7) is 2.71. The Hall–Kier alpha value is -1.06. The fourth-order valence-corrected chi connectivity index (χ4v) is 1.98. The van der Waals surface area contributed by atoms with Crippen LogP contribution in [-0.4, -0.2) is 4.98 Å². The van der Waals surface area contributed by atoms with Crippen molar-refractivity contribution in [1.29, 1.82) is 0 Å². The van der Waals surface area contributed by atoms with Gasteiger partial charge in [-0.15, -0.1) is 0 Å². The second-order valence-electron chi connectivity index (χ2n) is 3.80. The van der Waals surface area contributed by atoms with Crippen molar-refractivity contribution in [2.24, 2.45) is 0 Å². The predicted octanol–water partition coefficient (Wildman–Crippen LogP) is 4.42. The molecule has 2 aromatic rings. The molecule has 1 aromatic carbocycles. The molecule has 2 nitrogen and oxygen atoms in total. The molecule has 17 heavy (non-hydrogen) atoms. The maximum atomic E-state index is 5.94. The number of benzene rings is 1.